The number of hydrogen-bond donors (Lipinski definition) is 1. The highest BCUT2D eigenvalue weighted by atomic mass is 16.5. The Kier molecular flexibility index (Phi) is 3.53. The standard InChI is InChI=1S/C14H18N2O/c1-10-4-2-3-5-13(10)17-14-7-6-12(16)8-11(14)9-15/h6-8,10,13H,2-5,16H2,1H3. The van der Waals surface area contributed by atoms with Crippen LogP contribution in [0.3, 0.4) is 0 Å². The molecule has 1 saturated carbocycles. The number of rotatable bonds is 2. The van der Waals surface area contributed by atoms with Gasteiger partial charge in [-0.05, 0) is 43.4 Å². The van der Waals surface area contributed by atoms with Crippen LogP contribution in [0, 0.1) is 17.2 Å². The minimum absolute atomic E-state index is 0.236. The lowest BCUT2D eigenvalue weighted by atomic mass is 9.88. The zero-order valence-corrected chi connectivity index (χ0v) is 10.1. The first-order valence-electron chi connectivity index (χ1n) is 6.17. The van der Waals surface area contributed by atoms with Crippen LogP contribution in [0.4, 0.5) is 5.69 Å². The molecule has 3 nitrogen and oxygen atoms in total. The molecular formula is C14H18N2O. The molecule has 2 N–H and O–H groups in total. The molecule has 1 aromatic carbocycles. The second kappa shape index (κ2) is 5.09. The first-order chi connectivity index (χ1) is 8.20. The second-order valence-corrected chi connectivity index (χ2v) is 4.79. The van der Waals surface area contributed by atoms with Crippen LogP contribution >= 0.6 is 0 Å². The van der Waals surface area contributed by atoms with Gasteiger partial charge in [0.1, 0.15) is 17.9 Å². The molecular weight excluding hydrogens is 212 g/mol. The van der Waals surface area contributed by atoms with Crippen molar-refractivity contribution in [2.75, 3.05) is 5.73 Å². The molecule has 2 rings (SSSR count). The van der Waals surface area contributed by atoms with Gasteiger partial charge in [0.15, 0.2) is 0 Å². The molecule has 2 unspecified atom stereocenters. The van der Waals surface area contributed by atoms with E-state index in [9.17, 15) is 0 Å². The Bertz CT molecular complexity index is 436. The van der Waals surface area contributed by atoms with E-state index in [4.69, 9.17) is 15.7 Å². The van der Waals surface area contributed by atoms with Gasteiger partial charge in [-0.25, -0.2) is 0 Å². The van der Waals surface area contributed by atoms with E-state index in [-0.39, 0.29) is 6.10 Å². The van der Waals surface area contributed by atoms with E-state index in [1.807, 2.05) is 0 Å². The monoisotopic (exact) mass is 230 g/mol. The van der Waals surface area contributed by atoms with Crippen molar-refractivity contribution in [2.45, 2.75) is 38.7 Å². The Labute approximate surface area is 102 Å². The third-order valence-electron chi connectivity index (χ3n) is 3.44. The highest BCUT2D eigenvalue weighted by Gasteiger charge is 2.23. The van der Waals surface area contributed by atoms with Crippen molar-refractivity contribution in [1.82, 2.24) is 0 Å². The largest absolute Gasteiger partial charge is 0.489 e. The zero-order valence-electron chi connectivity index (χ0n) is 10.1. The van der Waals surface area contributed by atoms with Crippen molar-refractivity contribution in [3.8, 4) is 11.8 Å². The molecule has 17 heavy (non-hydrogen) atoms. The van der Waals surface area contributed by atoms with Crippen LogP contribution in [0.5, 0.6) is 5.75 Å². The van der Waals surface area contributed by atoms with Crippen molar-refractivity contribution in [3.05, 3.63) is 23.8 Å². The SMILES string of the molecule is CC1CCCCC1Oc1ccc(N)cc1C#N. The summed E-state index contributed by atoms with van der Waals surface area (Å²) in [5, 5.41) is 9.05. The van der Waals surface area contributed by atoms with Crippen molar-refractivity contribution in [1.29, 1.82) is 5.26 Å². The van der Waals surface area contributed by atoms with Crippen molar-refractivity contribution >= 4 is 5.69 Å². The van der Waals surface area contributed by atoms with Gasteiger partial charge in [0.2, 0.25) is 0 Å². The van der Waals surface area contributed by atoms with Crippen molar-refractivity contribution in [3.63, 3.8) is 0 Å². The first-order valence-corrected chi connectivity index (χ1v) is 6.17. The van der Waals surface area contributed by atoms with Crippen molar-refractivity contribution in [2.24, 2.45) is 5.92 Å². The van der Waals surface area contributed by atoms with Crippen molar-refractivity contribution < 1.29 is 4.74 Å². The Morgan fingerprint density at radius 2 is 2.12 bits per heavy atom. The highest BCUT2D eigenvalue weighted by Crippen LogP contribution is 2.30. The number of anilines is 1. The Balaban J connectivity index is 2.15. The fourth-order valence-electron chi connectivity index (χ4n) is 2.36. The summed E-state index contributed by atoms with van der Waals surface area (Å²) in [6, 6.07) is 7.39. The van der Waals surface area contributed by atoms with Gasteiger partial charge >= 0.3 is 0 Å². The quantitative estimate of drug-likeness (QED) is 0.794. The fourth-order valence-corrected chi connectivity index (χ4v) is 2.36. The van der Waals surface area contributed by atoms with E-state index in [1.165, 1.54) is 19.3 Å². The number of nitrogens with zero attached hydrogens (tertiary/aromatic N) is 1. The lowest BCUT2D eigenvalue weighted by Crippen LogP contribution is -2.28. The third kappa shape index (κ3) is 2.71. The van der Waals surface area contributed by atoms with Gasteiger partial charge in [-0.15, -0.1) is 0 Å². The maximum atomic E-state index is 9.05. The summed E-state index contributed by atoms with van der Waals surface area (Å²) in [6.45, 7) is 2.22. The summed E-state index contributed by atoms with van der Waals surface area (Å²) in [6.07, 6.45) is 5.02. The normalized spacial score (nSPS) is 24.0. The molecule has 0 radical (unpaired) electrons. The average Bonchev–Trinajstić information content (AvgIpc) is 2.34. The Morgan fingerprint density at radius 3 is 2.82 bits per heavy atom. The Hall–Kier alpha value is -1.69. The number of ether oxygens (including phenoxy) is 1. The van der Waals surface area contributed by atoms with E-state index < -0.39 is 0 Å². The molecule has 1 fully saturated rings. The summed E-state index contributed by atoms with van der Waals surface area (Å²) < 4.78 is 5.97. The first kappa shape index (κ1) is 11.8. The maximum Gasteiger partial charge on any atom is 0.137 e. The molecule has 0 amide bonds. The van der Waals surface area contributed by atoms with E-state index in [0.717, 1.165) is 6.42 Å². The van der Waals surface area contributed by atoms with Gasteiger partial charge in [-0.1, -0.05) is 13.3 Å². The summed E-state index contributed by atoms with van der Waals surface area (Å²) in [5.74, 6) is 1.23. The van der Waals surface area contributed by atoms with E-state index in [0.29, 0.717) is 22.9 Å². The molecule has 0 spiro atoms. The van der Waals surface area contributed by atoms with Crippen LogP contribution in [0.15, 0.2) is 18.2 Å². The van der Waals surface area contributed by atoms with Crippen LogP contribution in [0.25, 0.3) is 0 Å². The molecule has 2 atom stereocenters. The van der Waals surface area contributed by atoms with Crippen LogP contribution in [0.1, 0.15) is 38.2 Å². The predicted molar refractivity (Wildman–Crippen MR) is 67.6 cm³/mol. The minimum Gasteiger partial charge on any atom is -0.489 e. The van der Waals surface area contributed by atoms with Gasteiger partial charge in [0.25, 0.3) is 0 Å². The van der Waals surface area contributed by atoms with Gasteiger partial charge in [0, 0.05) is 5.69 Å². The number of nitrogens with two attached hydrogens (primary N) is 1. The number of hydrogen-bond acceptors (Lipinski definition) is 3. The average molecular weight is 230 g/mol. The lowest BCUT2D eigenvalue weighted by molar-refractivity contribution is 0.102. The molecule has 0 aromatic heterocycles. The summed E-state index contributed by atoms with van der Waals surface area (Å²) in [5.41, 5.74) is 6.79. The zero-order chi connectivity index (χ0) is 12.3. The van der Waals surface area contributed by atoms with E-state index in [2.05, 4.69) is 13.0 Å². The molecule has 0 saturated heterocycles. The smallest absolute Gasteiger partial charge is 0.137 e. The number of nitriles is 1. The molecule has 1 aliphatic rings. The van der Waals surface area contributed by atoms with Crippen LogP contribution in [-0.4, -0.2) is 6.10 Å². The van der Waals surface area contributed by atoms with Gasteiger partial charge < -0.3 is 10.5 Å². The summed E-state index contributed by atoms with van der Waals surface area (Å²) in [4.78, 5) is 0. The van der Waals surface area contributed by atoms with Gasteiger partial charge in [-0.2, -0.15) is 5.26 Å². The lowest BCUT2D eigenvalue weighted by Gasteiger charge is -2.29. The second-order valence-electron chi connectivity index (χ2n) is 4.79. The minimum atomic E-state index is 0.236. The molecule has 0 heterocycles. The number of benzene rings is 1. The molecule has 1 aromatic rings. The third-order valence-corrected chi connectivity index (χ3v) is 3.44. The predicted octanol–water partition coefficient (Wildman–Crippen LogP) is 3.10. The topological polar surface area (TPSA) is 59.0 Å². The molecule has 3 heteroatoms. The Morgan fingerprint density at radius 1 is 1.35 bits per heavy atom. The molecule has 1 aliphatic carbocycles. The van der Waals surface area contributed by atoms with E-state index >= 15 is 0 Å². The number of nitrogen functional groups attached to an aromatic ring is 1. The molecule has 90 valence electrons. The van der Waals surface area contributed by atoms with Crippen LogP contribution in [0.2, 0.25) is 0 Å². The maximum absolute atomic E-state index is 9.05. The summed E-state index contributed by atoms with van der Waals surface area (Å²) >= 11 is 0. The van der Waals surface area contributed by atoms with Gasteiger partial charge in [0.05, 0.1) is 5.56 Å². The van der Waals surface area contributed by atoms with Crippen LogP contribution < -0.4 is 10.5 Å². The van der Waals surface area contributed by atoms with Gasteiger partial charge in [-0.3, -0.25) is 0 Å². The molecule has 0 bridgehead atoms. The summed E-state index contributed by atoms with van der Waals surface area (Å²) in [7, 11) is 0. The highest BCUT2D eigenvalue weighted by molar-refractivity contribution is 5.53. The fraction of sp³-hybridized carbons (Fsp3) is 0.500. The molecule has 0 aliphatic heterocycles. The van der Waals surface area contributed by atoms with E-state index in [1.54, 1.807) is 18.2 Å². The van der Waals surface area contributed by atoms with Crippen LogP contribution in [-0.2, 0) is 0 Å².